The highest BCUT2D eigenvalue weighted by atomic mass is 16.9. The van der Waals surface area contributed by atoms with Crippen LogP contribution in [0.3, 0.4) is 0 Å². The van der Waals surface area contributed by atoms with E-state index in [1.165, 1.54) is 0 Å². The zero-order chi connectivity index (χ0) is 22.4. The maximum Gasteiger partial charge on any atom is 0.328 e. The van der Waals surface area contributed by atoms with E-state index in [-0.39, 0.29) is 6.61 Å². The molecule has 0 fully saturated rings. The van der Waals surface area contributed by atoms with Crippen molar-refractivity contribution in [2.75, 3.05) is 25.6 Å². The van der Waals surface area contributed by atoms with E-state index < -0.39 is 17.0 Å². The Kier molecular flexibility index (Phi) is 10.7. The summed E-state index contributed by atoms with van der Waals surface area (Å²) >= 11 is 0. The molecule has 0 aliphatic rings. The summed E-state index contributed by atoms with van der Waals surface area (Å²) in [7, 11) is 1.64. The van der Waals surface area contributed by atoms with Crippen molar-refractivity contribution in [2.45, 2.75) is 19.3 Å². The average molecular weight is 421 g/mol. The van der Waals surface area contributed by atoms with Crippen LogP contribution in [0.1, 0.15) is 19.3 Å². The zero-order valence-electron chi connectivity index (χ0n) is 16.3. The van der Waals surface area contributed by atoms with Gasteiger partial charge >= 0.3 is 11.9 Å². The Morgan fingerprint density at radius 2 is 1.87 bits per heavy atom. The number of carbonyl (C=O) groups is 2. The minimum atomic E-state index is -1.26. The summed E-state index contributed by atoms with van der Waals surface area (Å²) in [6, 6.07) is 7.69. The zero-order valence-corrected chi connectivity index (χ0v) is 16.3. The standard InChI is InChI=1S/C15H19N3O4.C4H4O4/c1-21-12-5-6-14-13(11-12)15(7-9-17-14)16-8-3-2-4-10-22-18(19)20;5-3(6)1-2-4(7)8/h5-7,9,11H,2-4,8,10H2,1H3,(H,16,17);1-2H,(H,5,6)(H,7,8)/b;2-1-. The van der Waals surface area contributed by atoms with Crippen molar-refractivity contribution >= 4 is 28.5 Å². The van der Waals surface area contributed by atoms with Gasteiger partial charge in [-0.1, -0.05) is 0 Å². The number of carboxylic acids is 2. The SMILES string of the molecule is COc1ccc2nccc(NCCCCCO[N+](=O)[O-])c2c1.O=C(O)/C=C\C(=O)O. The Hall–Kier alpha value is -3.89. The van der Waals surface area contributed by atoms with Crippen LogP contribution in [-0.4, -0.2) is 52.5 Å². The molecule has 1 aromatic carbocycles. The summed E-state index contributed by atoms with van der Waals surface area (Å²) in [4.78, 5) is 37.7. The number of ether oxygens (including phenoxy) is 1. The largest absolute Gasteiger partial charge is 0.497 e. The van der Waals surface area contributed by atoms with Gasteiger partial charge in [-0.2, -0.15) is 0 Å². The lowest BCUT2D eigenvalue weighted by molar-refractivity contribution is -0.757. The molecule has 1 heterocycles. The fourth-order valence-corrected chi connectivity index (χ4v) is 2.32. The predicted molar refractivity (Wildman–Crippen MR) is 108 cm³/mol. The van der Waals surface area contributed by atoms with Gasteiger partial charge in [0.25, 0.3) is 5.09 Å². The molecule has 0 radical (unpaired) electrons. The number of fused-ring (bicyclic) bond motifs is 1. The fraction of sp³-hybridized carbons (Fsp3) is 0.316. The van der Waals surface area contributed by atoms with E-state index in [0.717, 1.165) is 41.7 Å². The van der Waals surface area contributed by atoms with Gasteiger partial charge in [0.1, 0.15) is 5.75 Å². The first-order chi connectivity index (χ1) is 14.3. The number of anilines is 1. The third-order valence-electron chi connectivity index (χ3n) is 3.65. The molecule has 11 heteroatoms. The van der Waals surface area contributed by atoms with Gasteiger partial charge in [-0.15, -0.1) is 10.1 Å². The average Bonchev–Trinajstić information content (AvgIpc) is 2.71. The van der Waals surface area contributed by atoms with Crippen molar-refractivity contribution < 1.29 is 34.5 Å². The number of nitrogens with zero attached hydrogens (tertiary/aromatic N) is 2. The van der Waals surface area contributed by atoms with Crippen LogP contribution in [0.5, 0.6) is 5.75 Å². The van der Waals surface area contributed by atoms with Gasteiger partial charge in [-0.05, 0) is 43.5 Å². The van der Waals surface area contributed by atoms with Crippen molar-refractivity contribution in [3.8, 4) is 5.75 Å². The van der Waals surface area contributed by atoms with Crippen LogP contribution < -0.4 is 10.1 Å². The van der Waals surface area contributed by atoms with Gasteiger partial charge in [-0.3, -0.25) is 4.98 Å². The minimum Gasteiger partial charge on any atom is -0.497 e. The maximum absolute atomic E-state index is 10.0. The molecule has 0 aliphatic heterocycles. The van der Waals surface area contributed by atoms with E-state index in [4.69, 9.17) is 14.9 Å². The molecule has 0 atom stereocenters. The fourth-order valence-electron chi connectivity index (χ4n) is 2.32. The van der Waals surface area contributed by atoms with Crippen LogP contribution in [0.4, 0.5) is 5.69 Å². The second kappa shape index (κ2) is 13.3. The van der Waals surface area contributed by atoms with Gasteiger partial charge < -0.3 is 25.1 Å². The van der Waals surface area contributed by atoms with E-state index >= 15 is 0 Å². The molecular weight excluding hydrogens is 398 g/mol. The number of rotatable bonds is 11. The summed E-state index contributed by atoms with van der Waals surface area (Å²) < 4.78 is 5.24. The number of carboxylic acid groups (broad SMARTS) is 2. The second-order valence-electron chi connectivity index (χ2n) is 5.80. The Labute approximate surface area is 172 Å². The number of nitrogens with one attached hydrogen (secondary N) is 1. The number of aliphatic carboxylic acids is 2. The van der Waals surface area contributed by atoms with Gasteiger partial charge in [0.2, 0.25) is 0 Å². The molecule has 0 bridgehead atoms. The van der Waals surface area contributed by atoms with Crippen LogP contribution >= 0.6 is 0 Å². The highest BCUT2D eigenvalue weighted by Crippen LogP contribution is 2.25. The predicted octanol–water partition coefficient (Wildman–Crippen LogP) is 2.75. The Bertz CT molecular complexity index is 869. The number of hydrogen-bond donors (Lipinski definition) is 3. The lowest BCUT2D eigenvalue weighted by Gasteiger charge is -2.10. The van der Waals surface area contributed by atoms with Crippen LogP contribution in [0.25, 0.3) is 10.9 Å². The Morgan fingerprint density at radius 3 is 2.47 bits per heavy atom. The van der Waals surface area contributed by atoms with Crippen molar-refractivity contribution in [1.82, 2.24) is 4.98 Å². The molecular formula is C19H23N3O8. The molecule has 0 saturated carbocycles. The Morgan fingerprint density at radius 1 is 1.17 bits per heavy atom. The van der Waals surface area contributed by atoms with Gasteiger partial charge in [0, 0.05) is 36.0 Å². The summed E-state index contributed by atoms with van der Waals surface area (Å²) in [6.07, 6.45) is 5.34. The summed E-state index contributed by atoms with van der Waals surface area (Å²) in [5.74, 6) is -1.72. The molecule has 30 heavy (non-hydrogen) atoms. The number of hydrogen-bond acceptors (Lipinski definition) is 8. The van der Waals surface area contributed by atoms with Gasteiger partial charge in [0.05, 0.1) is 19.2 Å². The highest BCUT2D eigenvalue weighted by molar-refractivity contribution is 5.92. The maximum atomic E-state index is 10.0. The molecule has 1 aromatic heterocycles. The molecule has 162 valence electrons. The number of benzene rings is 1. The molecule has 2 rings (SSSR count). The van der Waals surface area contributed by atoms with Crippen molar-refractivity contribution in [1.29, 1.82) is 0 Å². The number of aromatic nitrogens is 1. The molecule has 0 saturated heterocycles. The summed E-state index contributed by atoms with van der Waals surface area (Å²) in [5, 5.41) is 29.3. The van der Waals surface area contributed by atoms with Gasteiger partial charge in [0.15, 0.2) is 0 Å². The first-order valence-electron chi connectivity index (χ1n) is 8.91. The van der Waals surface area contributed by atoms with Crippen LogP contribution in [0.15, 0.2) is 42.6 Å². The van der Waals surface area contributed by atoms with E-state index in [1.807, 2.05) is 24.3 Å². The van der Waals surface area contributed by atoms with Crippen molar-refractivity contribution in [3.63, 3.8) is 0 Å². The molecule has 0 spiro atoms. The molecule has 3 N–H and O–H groups in total. The van der Waals surface area contributed by atoms with E-state index in [2.05, 4.69) is 15.1 Å². The number of methoxy groups -OCH3 is 1. The normalized spacial score (nSPS) is 10.2. The lowest BCUT2D eigenvalue weighted by Crippen LogP contribution is -2.05. The quantitative estimate of drug-likeness (QED) is 0.213. The second-order valence-corrected chi connectivity index (χ2v) is 5.80. The first kappa shape index (κ1) is 24.1. The van der Waals surface area contributed by atoms with Crippen molar-refractivity contribution in [3.05, 3.63) is 52.7 Å². The first-order valence-corrected chi connectivity index (χ1v) is 8.91. The van der Waals surface area contributed by atoms with E-state index in [1.54, 1.807) is 13.3 Å². The lowest BCUT2D eigenvalue weighted by atomic mass is 10.1. The molecule has 2 aromatic rings. The number of unbranched alkanes of at least 4 members (excludes halogenated alkanes) is 2. The summed E-state index contributed by atoms with van der Waals surface area (Å²) in [5.41, 5.74) is 1.91. The van der Waals surface area contributed by atoms with Crippen LogP contribution in [0, 0.1) is 10.1 Å². The van der Waals surface area contributed by atoms with Crippen molar-refractivity contribution in [2.24, 2.45) is 0 Å². The third kappa shape index (κ3) is 9.88. The molecule has 0 unspecified atom stereocenters. The Balaban J connectivity index is 0.000000479. The van der Waals surface area contributed by atoms with Crippen LogP contribution in [0.2, 0.25) is 0 Å². The minimum absolute atomic E-state index is 0.155. The van der Waals surface area contributed by atoms with E-state index in [9.17, 15) is 19.7 Å². The third-order valence-corrected chi connectivity index (χ3v) is 3.65. The molecule has 0 aliphatic carbocycles. The highest BCUT2D eigenvalue weighted by Gasteiger charge is 2.03. The smallest absolute Gasteiger partial charge is 0.328 e. The topological polar surface area (TPSA) is 161 Å². The van der Waals surface area contributed by atoms with Gasteiger partial charge in [-0.25, -0.2) is 9.59 Å². The number of pyridine rings is 1. The molecule has 0 amide bonds. The van der Waals surface area contributed by atoms with Crippen LogP contribution in [-0.2, 0) is 14.4 Å². The monoisotopic (exact) mass is 421 g/mol. The van der Waals surface area contributed by atoms with E-state index in [0.29, 0.717) is 18.6 Å². The molecule has 11 nitrogen and oxygen atoms in total. The summed E-state index contributed by atoms with van der Waals surface area (Å²) in [6.45, 7) is 0.942.